The number of carbonyl (C=O) groups excluding carboxylic acids is 2. The van der Waals surface area contributed by atoms with Crippen LogP contribution in [-0.2, 0) is 20.6 Å². The number of carbonyl (C=O) groups is 2. The average Bonchev–Trinajstić information content (AvgIpc) is 2.81. The Balaban J connectivity index is 1.67. The fraction of sp³-hybridized carbons (Fsp3) is 0.417. The van der Waals surface area contributed by atoms with Crippen LogP contribution in [0.1, 0.15) is 48.5 Å². The lowest BCUT2D eigenvalue weighted by Crippen LogP contribution is -2.44. The van der Waals surface area contributed by atoms with Crippen LogP contribution in [0.25, 0.3) is 0 Å². The fourth-order valence-electron chi connectivity index (χ4n) is 3.83. The molecule has 2 N–H and O–H groups in total. The number of halogens is 2. The number of nitrogens with one attached hydrogen (secondary N) is 2. The predicted octanol–water partition coefficient (Wildman–Crippen LogP) is 4.70. The van der Waals surface area contributed by atoms with Crippen molar-refractivity contribution >= 4 is 50.7 Å². The highest BCUT2D eigenvalue weighted by atomic mass is 35.5. The van der Waals surface area contributed by atoms with Crippen LogP contribution in [-0.4, -0.2) is 44.2 Å². The first-order chi connectivity index (χ1) is 16.2. The smallest absolute Gasteiger partial charge is 0.253 e. The van der Waals surface area contributed by atoms with Gasteiger partial charge in [-0.15, -0.1) is 0 Å². The van der Waals surface area contributed by atoms with E-state index in [2.05, 4.69) is 10.6 Å². The van der Waals surface area contributed by atoms with Gasteiger partial charge in [0.15, 0.2) is 0 Å². The summed E-state index contributed by atoms with van der Waals surface area (Å²) in [5, 5.41) is 6.40. The molecular weight excluding hydrogens is 497 g/mol. The van der Waals surface area contributed by atoms with Crippen LogP contribution in [0.3, 0.4) is 0 Å². The fourth-order valence-corrected chi connectivity index (χ4v) is 6.03. The summed E-state index contributed by atoms with van der Waals surface area (Å²) < 4.78 is 27.4. The summed E-state index contributed by atoms with van der Waals surface area (Å²) >= 11 is 12.1. The molecule has 10 heteroatoms. The molecule has 2 amide bonds. The van der Waals surface area contributed by atoms with E-state index in [-0.39, 0.29) is 29.1 Å². The molecule has 1 unspecified atom stereocenters. The topological polar surface area (TPSA) is 95.6 Å². The minimum absolute atomic E-state index is 0.0736. The number of anilines is 1. The lowest BCUT2D eigenvalue weighted by molar-refractivity contribution is -0.120. The SMILES string of the molecule is CCCCNC(=O)c1ccccc1NC(=O)C1CCCN(S(=O)(=O)Cc2ccc(Cl)cc2Cl)C1. The molecule has 3 rings (SSSR count). The van der Waals surface area contributed by atoms with Crippen LogP contribution in [0.2, 0.25) is 10.0 Å². The van der Waals surface area contributed by atoms with Gasteiger partial charge in [-0.3, -0.25) is 9.59 Å². The van der Waals surface area contributed by atoms with Gasteiger partial charge in [-0.1, -0.05) is 54.7 Å². The Hall–Kier alpha value is -2.13. The summed E-state index contributed by atoms with van der Waals surface area (Å²) in [6, 6.07) is 11.5. The van der Waals surface area contributed by atoms with E-state index < -0.39 is 15.9 Å². The summed E-state index contributed by atoms with van der Waals surface area (Å²) in [6.07, 6.45) is 2.95. The van der Waals surface area contributed by atoms with Crippen molar-refractivity contribution in [2.24, 2.45) is 5.92 Å². The summed E-state index contributed by atoms with van der Waals surface area (Å²) in [5.74, 6) is -1.35. The Bertz CT molecular complexity index is 1140. The summed E-state index contributed by atoms with van der Waals surface area (Å²) in [5.41, 5.74) is 1.25. The number of piperidine rings is 1. The first kappa shape index (κ1) is 26.5. The summed E-state index contributed by atoms with van der Waals surface area (Å²) in [6.45, 7) is 3.01. The minimum Gasteiger partial charge on any atom is -0.352 e. The molecule has 1 aliphatic heterocycles. The van der Waals surface area contributed by atoms with Crippen LogP contribution >= 0.6 is 23.2 Å². The Labute approximate surface area is 210 Å². The molecule has 0 radical (unpaired) electrons. The van der Waals surface area contributed by atoms with Crippen LogP contribution in [0, 0.1) is 5.92 Å². The normalized spacial score (nSPS) is 16.7. The zero-order valence-corrected chi connectivity index (χ0v) is 21.3. The monoisotopic (exact) mass is 525 g/mol. The second-order valence-electron chi connectivity index (χ2n) is 8.33. The summed E-state index contributed by atoms with van der Waals surface area (Å²) in [7, 11) is -3.68. The molecule has 1 aliphatic rings. The van der Waals surface area contributed by atoms with Crippen LogP contribution < -0.4 is 10.6 Å². The number of nitrogens with zero attached hydrogens (tertiary/aromatic N) is 1. The van der Waals surface area contributed by atoms with Crippen LogP contribution in [0.4, 0.5) is 5.69 Å². The quantitative estimate of drug-likeness (QED) is 0.463. The molecule has 2 aromatic rings. The molecule has 1 atom stereocenters. The molecule has 0 aromatic heterocycles. The maximum absolute atomic E-state index is 13.0. The Morgan fingerprint density at radius 1 is 1.15 bits per heavy atom. The van der Waals surface area contributed by atoms with Crippen molar-refractivity contribution in [3.8, 4) is 0 Å². The van der Waals surface area contributed by atoms with Crippen molar-refractivity contribution in [2.45, 2.75) is 38.4 Å². The Morgan fingerprint density at radius 2 is 1.91 bits per heavy atom. The third-order valence-electron chi connectivity index (χ3n) is 5.75. The van der Waals surface area contributed by atoms with E-state index in [0.29, 0.717) is 47.8 Å². The number of benzene rings is 2. The van der Waals surface area contributed by atoms with Crippen molar-refractivity contribution in [3.05, 3.63) is 63.6 Å². The van der Waals surface area contributed by atoms with Gasteiger partial charge >= 0.3 is 0 Å². The largest absolute Gasteiger partial charge is 0.352 e. The molecule has 7 nitrogen and oxygen atoms in total. The van der Waals surface area contributed by atoms with E-state index in [9.17, 15) is 18.0 Å². The highest BCUT2D eigenvalue weighted by Crippen LogP contribution is 2.27. The van der Waals surface area contributed by atoms with Crippen molar-refractivity contribution < 1.29 is 18.0 Å². The molecule has 1 fully saturated rings. The lowest BCUT2D eigenvalue weighted by Gasteiger charge is -2.31. The molecular formula is C24H29Cl2N3O4S. The standard InChI is InChI=1S/C24H29Cl2N3O4S/c1-2-3-12-27-24(31)20-8-4-5-9-22(20)28-23(30)17-7-6-13-29(15-17)34(32,33)16-18-10-11-19(25)14-21(18)26/h4-5,8-11,14,17H,2-3,6-7,12-13,15-16H2,1H3,(H,27,31)(H,28,30). The molecule has 2 aromatic carbocycles. The highest BCUT2D eigenvalue weighted by Gasteiger charge is 2.33. The van der Waals surface area contributed by atoms with E-state index >= 15 is 0 Å². The second-order valence-corrected chi connectivity index (χ2v) is 11.1. The van der Waals surface area contributed by atoms with Gasteiger partial charge in [0, 0.05) is 29.7 Å². The molecule has 0 bridgehead atoms. The third kappa shape index (κ3) is 6.95. The molecule has 0 aliphatic carbocycles. The van der Waals surface area contributed by atoms with E-state index in [0.717, 1.165) is 12.8 Å². The number of amides is 2. The Morgan fingerprint density at radius 3 is 2.65 bits per heavy atom. The van der Waals surface area contributed by atoms with E-state index in [4.69, 9.17) is 23.2 Å². The van der Waals surface area contributed by atoms with E-state index in [1.807, 2.05) is 6.92 Å². The molecule has 0 spiro atoms. The van der Waals surface area contributed by atoms with Gasteiger partial charge in [-0.05, 0) is 49.1 Å². The van der Waals surface area contributed by atoms with Gasteiger partial charge in [0.1, 0.15) is 0 Å². The predicted molar refractivity (Wildman–Crippen MR) is 136 cm³/mol. The molecule has 34 heavy (non-hydrogen) atoms. The molecule has 1 heterocycles. The molecule has 0 saturated carbocycles. The molecule has 1 saturated heterocycles. The van der Waals surface area contributed by atoms with Crippen LogP contribution in [0.5, 0.6) is 0 Å². The highest BCUT2D eigenvalue weighted by molar-refractivity contribution is 7.88. The van der Waals surface area contributed by atoms with Gasteiger partial charge in [0.2, 0.25) is 15.9 Å². The van der Waals surface area contributed by atoms with E-state index in [1.165, 1.54) is 10.4 Å². The number of hydrogen-bond acceptors (Lipinski definition) is 4. The maximum atomic E-state index is 13.0. The second kappa shape index (κ2) is 12.0. The van der Waals surface area contributed by atoms with Gasteiger partial charge in [0.25, 0.3) is 5.91 Å². The molecule has 184 valence electrons. The number of hydrogen-bond donors (Lipinski definition) is 2. The van der Waals surface area contributed by atoms with Crippen LogP contribution in [0.15, 0.2) is 42.5 Å². The zero-order chi connectivity index (χ0) is 24.7. The number of unbranched alkanes of at least 4 members (excludes halogenated alkanes) is 1. The number of para-hydroxylation sites is 1. The van der Waals surface area contributed by atoms with Gasteiger partial charge in [-0.25, -0.2) is 12.7 Å². The first-order valence-electron chi connectivity index (χ1n) is 11.3. The average molecular weight is 526 g/mol. The maximum Gasteiger partial charge on any atom is 0.253 e. The van der Waals surface area contributed by atoms with Crippen molar-refractivity contribution in [1.29, 1.82) is 0 Å². The van der Waals surface area contributed by atoms with Gasteiger partial charge in [0.05, 0.1) is 22.9 Å². The zero-order valence-electron chi connectivity index (χ0n) is 19.0. The number of rotatable bonds is 9. The van der Waals surface area contributed by atoms with Crippen molar-refractivity contribution in [2.75, 3.05) is 25.0 Å². The Kier molecular flexibility index (Phi) is 9.36. The summed E-state index contributed by atoms with van der Waals surface area (Å²) in [4.78, 5) is 25.6. The lowest BCUT2D eigenvalue weighted by atomic mass is 9.98. The third-order valence-corrected chi connectivity index (χ3v) is 8.13. The first-order valence-corrected chi connectivity index (χ1v) is 13.7. The van der Waals surface area contributed by atoms with Gasteiger partial charge < -0.3 is 10.6 Å². The van der Waals surface area contributed by atoms with Gasteiger partial charge in [-0.2, -0.15) is 0 Å². The van der Waals surface area contributed by atoms with Crippen molar-refractivity contribution in [1.82, 2.24) is 9.62 Å². The number of sulfonamides is 1. The minimum atomic E-state index is -3.68. The van der Waals surface area contributed by atoms with Crippen molar-refractivity contribution in [3.63, 3.8) is 0 Å². The van der Waals surface area contributed by atoms with E-state index in [1.54, 1.807) is 36.4 Å².